The average molecular weight is 441 g/mol. The van der Waals surface area contributed by atoms with Gasteiger partial charge in [0, 0.05) is 11.3 Å². The minimum absolute atomic E-state index is 0.0438. The number of nitrogens with zero attached hydrogens (tertiary/aromatic N) is 2. The first kappa shape index (κ1) is 22.6. The second-order valence-corrected chi connectivity index (χ2v) is 6.73. The molecule has 1 heterocycles. The maximum absolute atomic E-state index is 13.6. The molecule has 3 rings (SSSR count). The standard InChI is InChI=1S/C23H18F3N3O3/c1-2-32-22(31)28-17-10-6-9-16(11-17)20-12-19(23(24,25)26)18(13-27)21(30)29(20)14-15-7-4-3-5-8-15/h3-12H,2,14H2,1H3,(H,28,31). The Bertz CT molecular complexity index is 1230. The van der Waals surface area contributed by atoms with Gasteiger partial charge in [-0.3, -0.25) is 10.1 Å². The number of amides is 1. The van der Waals surface area contributed by atoms with E-state index < -0.39 is 29.0 Å². The molecule has 1 aromatic heterocycles. The Morgan fingerprint density at radius 1 is 1.12 bits per heavy atom. The number of carbonyl (C=O) groups is 1. The fourth-order valence-corrected chi connectivity index (χ4v) is 3.18. The van der Waals surface area contributed by atoms with Gasteiger partial charge < -0.3 is 9.30 Å². The zero-order valence-corrected chi connectivity index (χ0v) is 16.9. The monoisotopic (exact) mass is 441 g/mol. The lowest BCUT2D eigenvalue weighted by molar-refractivity contribution is -0.137. The normalized spacial score (nSPS) is 11.0. The number of alkyl halides is 3. The molecule has 2 aromatic carbocycles. The smallest absolute Gasteiger partial charge is 0.417 e. The van der Waals surface area contributed by atoms with Crippen LogP contribution in [0.4, 0.5) is 23.7 Å². The van der Waals surface area contributed by atoms with Crippen LogP contribution in [-0.2, 0) is 17.5 Å². The summed E-state index contributed by atoms with van der Waals surface area (Å²) < 4.78 is 46.8. The van der Waals surface area contributed by atoms with E-state index in [0.717, 1.165) is 10.6 Å². The molecule has 0 unspecified atom stereocenters. The molecule has 0 aliphatic rings. The number of carbonyl (C=O) groups excluding carboxylic acids is 1. The molecular formula is C23H18F3N3O3. The Hall–Kier alpha value is -4.06. The zero-order valence-electron chi connectivity index (χ0n) is 16.9. The third kappa shape index (κ3) is 4.98. The summed E-state index contributed by atoms with van der Waals surface area (Å²) in [6, 6.07) is 16.9. The highest BCUT2D eigenvalue weighted by Gasteiger charge is 2.36. The van der Waals surface area contributed by atoms with Crippen LogP contribution in [0.3, 0.4) is 0 Å². The Balaban J connectivity index is 2.21. The van der Waals surface area contributed by atoms with E-state index in [2.05, 4.69) is 5.32 Å². The summed E-state index contributed by atoms with van der Waals surface area (Å²) >= 11 is 0. The summed E-state index contributed by atoms with van der Waals surface area (Å²) in [6.07, 6.45) is -5.62. The molecule has 32 heavy (non-hydrogen) atoms. The van der Waals surface area contributed by atoms with Gasteiger partial charge in [-0.25, -0.2) is 4.79 Å². The number of rotatable bonds is 5. The van der Waals surface area contributed by atoms with Gasteiger partial charge in [0.2, 0.25) is 0 Å². The fraction of sp³-hybridized carbons (Fsp3) is 0.174. The van der Waals surface area contributed by atoms with E-state index in [4.69, 9.17) is 4.74 Å². The first-order valence-corrected chi connectivity index (χ1v) is 9.58. The van der Waals surface area contributed by atoms with Gasteiger partial charge in [0.15, 0.2) is 0 Å². The van der Waals surface area contributed by atoms with Crippen LogP contribution in [0.5, 0.6) is 0 Å². The highest BCUT2D eigenvalue weighted by atomic mass is 19.4. The quantitative estimate of drug-likeness (QED) is 0.602. The number of anilines is 1. The molecule has 0 saturated carbocycles. The number of hydrogen-bond donors (Lipinski definition) is 1. The summed E-state index contributed by atoms with van der Waals surface area (Å²) in [6.45, 7) is 1.73. The van der Waals surface area contributed by atoms with Crippen LogP contribution in [0.2, 0.25) is 0 Å². The molecule has 1 N–H and O–H groups in total. The highest BCUT2D eigenvalue weighted by molar-refractivity contribution is 5.85. The lowest BCUT2D eigenvalue weighted by atomic mass is 10.0. The molecule has 164 valence electrons. The van der Waals surface area contributed by atoms with Crippen molar-refractivity contribution in [3.63, 3.8) is 0 Å². The van der Waals surface area contributed by atoms with Crippen LogP contribution in [-0.4, -0.2) is 17.3 Å². The van der Waals surface area contributed by atoms with E-state index in [9.17, 15) is 28.0 Å². The maximum atomic E-state index is 13.6. The zero-order chi connectivity index (χ0) is 23.3. The van der Waals surface area contributed by atoms with E-state index in [1.165, 1.54) is 30.3 Å². The van der Waals surface area contributed by atoms with E-state index in [1.807, 2.05) is 0 Å². The van der Waals surface area contributed by atoms with Gasteiger partial charge in [0.25, 0.3) is 5.56 Å². The van der Waals surface area contributed by atoms with E-state index in [0.29, 0.717) is 5.56 Å². The molecule has 1 amide bonds. The number of benzene rings is 2. The minimum Gasteiger partial charge on any atom is -0.450 e. The molecule has 0 aliphatic heterocycles. The van der Waals surface area contributed by atoms with Crippen molar-refractivity contribution in [3.05, 3.63) is 87.7 Å². The van der Waals surface area contributed by atoms with Crippen LogP contribution < -0.4 is 10.9 Å². The summed E-state index contributed by atoms with van der Waals surface area (Å²) in [4.78, 5) is 24.7. The van der Waals surface area contributed by atoms with Crippen LogP contribution in [0.15, 0.2) is 65.5 Å². The summed E-state index contributed by atoms with van der Waals surface area (Å²) in [5.41, 5.74) is -2.19. The van der Waals surface area contributed by atoms with Gasteiger partial charge in [0.05, 0.1) is 24.4 Å². The van der Waals surface area contributed by atoms with Gasteiger partial charge >= 0.3 is 12.3 Å². The summed E-state index contributed by atoms with van der Waals surface area (Å²) in [5.74, 6) is 0. The Morgan fingerprint density at radius 3 is 2.47 bits per heavy atom. The van der Waals surface area contributed by atoms with Crippen LogP contribution in [0, 0.1) is 11.3 Å². The van der Waals surface area contributed by atoms with Crippen molar-refractivity contribution in [3.8, 4) is 17.3 Å². The Morgan fingerprint density at radius 2 is 1.84 bits per heavy atom. The molecular weight excluding hydrogens is 423 g/mol. The molecule has 6 nitrogen and oxygen atoms in total. The van der Waals surface area contributed by atoms with E-state index >= 15 is 0 Å². The number of ether oxygens (including phenoxy) is 1. The van der Waals surface area contributed by atoms with Gasteiger partial charge in [-0.05, 0) is 30.7 Å². The van der Waals surface area contributed by atoms with Crippen molar-refractivity contribution < 1.29 is 22.7 Å². The highest BCUT2D eigenvalue weighted by Crippen LogP contribution is 2.34. The maximum Gasteiger partial charge on any atom is 0.417 e. The molecule has 0 bridgehead atoms. The van der Waals surface area contributed by atoms with Crippen molar-refractivity contribution in [1.82, 2.24) is 4.57 Å². The first-order chi connectivity index (χ1) is 15.2. The predicted molar refractivity (Wildman–Crippen MR) is 112 cm³/mol. The van der Waals surface area contributed by atoms with Crippen molar-refractivity contribution in [2.24, 2.45) is 0 Å². The number of pyridine rings is 1. The van der Waals surface area contributed by atoms with Gasteiger partial charge in [-0.2, -0.15) is 18.4 Å². The first-order valence-electron chi connectivity index (χ1n) is 9.58. The van der Waals surface area contributed by atoms with Gasteiger partial charge in [-0.1, -0.05) is 42.5 Å². The van der Waals surface area contributed by atoms with Crippen LogP contribution >= 0.6 is 0 Å². The average Bonchev–Trinajstić information content (AvgIpc) is 2.75. The molecule has 0 atom stereocenters. The molecule has 0 saturated heterocycles. The summed E-state index contributed by atoms with van der Waals surface area (Å²) in [7, 11) is 0. The van der Waals surface area contributed by atoms with Crippen molar-refractivity contribution >= 4 is 11.8 Å². The second-order valence-electron chi connectivity index (χ2n) is 6.73. The molecule has 0 spiro atoms. The van der Waals surface area contributed by atoms with Crippen molar-refractivity contribution in [2.75, 3.05) is 11.9 Å². The second kappa shape index (κ2) is 9.39. The largest absolute Gasteiger partial charge is 0.450 e. The van der Waals surface area contributed by atoms with Gasteiger partial charge in [0.1, 0.15) is 11.6 Å². The van der Waals surface area contributed by atoms with Gasteiger partial charge in [-0.15, -0.1) is 0 Å². The fourth-order valence-electron chi connectivity index (χ4n) is 3.18. The molecule has 0 aliphatic carbocycles. The lowest BCUT2D eigenvalue weighted by Crippen LogP contribution is -2.28. The number of nitriles is 1. The van der Waals surface area contributed by atoms with Crippen molar-refractivity contribution in [1.29, 1.82) is 5.26 Å². The number of halogens is 3. The van der Waals surface area contributed by atoms with E-state index in [-0.39, 0.29) is 30.1 Å². The van der Waals surface area contributed by atoms with Crippen LogP contribution in [0.25, 0.3) is 11.3 Å². The summed E-state index contributed by atoms with van der Waals surface area (Å²) in [5, 5.41) is 11.8. The Labute approximate surface area is 181 Å². The number of aromatic nitrogens is 1. The third-order valence-electron chi connectivity index (χ3n) is 4.58. The molecule has 3 aromatic rings. The topological polar surface area (TPSA) is 84.1 Å². The lowest BCUT2D eigenvalue weighted by Gasteiger charge is -2.18. The predicted octanol–water partition coefficient (Wildman–Crippen LogP) is 5.02. The molecule has 0 fully saturated rings. The minimum atomic E-state index is -4.90. The SMILES string of the molecule is CCOC(=O)Nc1cccc(-c2cc(C(F)(F)F)c(C#N)c(=O)n2Cc2ccccc2)c1. The third-order valence-corrected chi connectivity index (χ3v) is 4.58. The van der Waals surface area contributed by atoms with Crippen LogP contribution in [0.1, 0.15) is 23.6 Å². The van der Waals surface area contributed by atoms with Crippen molar-refractivity contribution in [2.45, 2.75) is 19.6 Å². The number of nitrogens with one attached hydrogen (secondary N) is 1. The number of hydrogen-bond acceptors (Lipinski definition) is 4. The molecule has 0 radical (unpaired) electrons. The molecule has 9 heteroatoms. The Kier molecular flexibility index (Phi) is 6.64. The van der Waals surface area contributed by atoms with E-state index in [1.54, 1.807) is 37.3 Å².